The first kappa shape index (κ1) is 16.8. The molecular weight excluding hydrogens is 401 g/mol. The molecule has 4 nitrogen and oxygen atoms in total. The van der Waals surface area contributed by atoms with Gasteiger partial charge in [0.15, 0.2) is 0 Å². The highest BCUT2D eigenvalue weighted by Gasteiger charge is 2.31. The minimum atomic E-state index is -0.269. The predicted molar refractivity (Wildman–Crippen MR) is 81.9 cm³/mol. The molecule has 7 heteroatoms. The summed E-state index contributed by atoms with van der Waals surface area (Å²) in [5, 5.41) is 3.08. The zero-order valence-corrected chi connectivity index (χ0v) is 14.2. The van der Waals surface area contributed by atoms with E-state index in [2.05, 4.69) is 37.2 Å². The van der Waals surface area contributed by atoms with Crippen LogP contribution in [0.25, 0.3) is 0 Å². The van der Waals surface area contributed by atoms with Crippen LogP contribution in [0.15, 0.2) is 27.1 Å². The first-order valence-corrected chi connectivity index (χ1v) is 7.11. The minimum absolute atomic E-state index is 0. The highest BCUT2D eigenvalue weighted by atomic mass is 79.9. The molecule has 106 valence electrons. The van der Waals surface area contributed by atoms with Crippen LogP contribution >= 0.6 is 44.3 Å². The van der Waals surface area contributed by atoms with Crippen LogP contribution in [0.2, 0.25) is 0 Å². The van der Waals surface area contributed by atoms with Gasteiger partial charge in [-0.2, -0.15) is 0 Å². The number of rotatable bonds is 3. The lowest BCUT2D eigenvalue weighted by Gasteiger charge is -2.14. The monoisotopic (exact) mass is 413 g/mol. The second-order valence-corrected chi connectivity index (χ2v) is 5.80. The third-order valence-electron chi connectivity index (χ3n) is 2.76. The van der Waals surface area contributed by atoms with Crippen LogP contribution in [0.3, 0.4) is 0 Å². The van der Waals surface area contributed by atoms with Gasteiger partial charge in [0.25, 0.3) is 0 Å². The molecular formula is C12H14Br2ClNO3. The van der Waals surface area contributed by atoms with Crippen molar-refractivity contribution >= 4 is 50.2 Å². The van der Waals surface area contributed by atoms with E-state index in [0.717, 1.165) is 14.7 Å². The van der Waals surface area contributed by atoms with Gasteiger partial charge in [0, 0.05) is 17.4 Å². The summed E-state index contributed by atoms with van der Waals surface area (Å²) in [5.41, 5.74) is 0. The molecule has 0 radical (unpaired) electrons. The van der Waals surface area contributed by atoms with Crippen molar-refractivity contribution in [1.82, 2.24) is 5.32 Å². The Hall–Kier alpha value is -0.300. The number of hydrogen-bond acceptors (Lipinski definition) is 4. The summed E-state index contributed by atoms with van der Waals surface area (Å²) in [7, 11) is 1.39. The van der Waals surface area contributed by atoms with Gasteiger partial charge < -0.3 is 14.8 Å². The van der Waals surface area contributed by atoms with Crippen molar-refractivity contribution in [2.45, 2.75) is 18.6 Å². The summed E-state index contributed by atoms with van der Waals surface area (Å²) >= 11 is 6.83. The molecule has 1 aliphatic heterocycles. The number of esters is 1. The van der Waals surface area contributed by atoms with Crippen molar-refractivity contribution in [2.24, 2.45) is 0 Å². The van der Waals surface area contributed by atoms with E-state index in [9.17, 15) is 4.79 Å². The summed E-state index contributed by atoms with van der Waals surface area (Å²) < 4.78 is 12.4. The number of carbonyl (C=O) groups is 1. The van der Waals surface area contributed by atoms with E-state index in [-0.39, 0.29) is 30.5 Å². The zero-order chi connectivity index (χ0) is 13.1. The van der Waals surface area contributed by atoms with Gasteiger partial charge in [0.2, 0.25) is 0 Å². The molecule has 0 spiro atoms. The Balaban J connectivity index is 0.00000180. The quantitative estimate of drug-likeness (QED) is 0.772. The lowest BCUT2D eigenvalue weighted by molar-refractivity contribution is -0.142. The average molecular weight is 416 g/mol. The van der Waals surface area contributed by atoms with E-state index in [1.165, 1.54) is 7.11 Å². The maximum atomic E-state index is 11.4. The van der Waals surface area contributed by atoms with Crippen LogP contribution in [-0.2, 0) is 9.53 Å². The Morgan fingerprint density at radius 2 is 2.16 bits per heavy atom. The van der Waals surface area contributed by atoms with Crippen molar-refractivity contribution < 1.29 is 14.3 Å². The maximum Gasteiger partial charge on any atom is 0.323 e. The summed E-state index contributed by atoms with van der Waals surface area (Å²) in [6, 6.07) is 5.46. The zero-order valence-electron chi connectivity index (χ0n) is 10.2. The van der Waals surface area contributed by atoms with Crippen LogP contribution in [0.5, 0.6) is 5.75 Å². The van der Waals surface area contributed by atoms with Gasteiger partial charge in [-0.1, -0.05) is 15.9 Å². The molecule has 1 aliphatic rings. The van der Waals surface area contributed by atoms with Crippen molar-refractivity contribution in [3.8, 4) is 5.75 Å². The molecule has 0 saturated carbocycles. The second kappa shape index (κ2) is 7.47. The fourth-order valence-corrected chi connectivity index (χ4v) is 3.01. The van der Waals surface area contributed by atoms with Gasteiger partial charge in [-0.15, -0.1) is 12.4 Å². The maximum absolute atomic E-state index is 11.4. The highest BCUT2D eigenvalue weighted by molar-refractivity contribution is 9.11. The van der Waals surface area contributed by atoms with Crippen molar-refractivity contribution in [1.29, 1.82) is 0 Å². The number of halogens is 3. The Kier molecular flexibility index (Phi) is 6.59. The molecule has 0 unspecified atom stereocenters. The van der Waals surface area contributed by atoms with Crippen LogP contribution < -0.4 is 10.1 Å². The van der Waals surface area contributed by atoms with Gasteiger partial charge in [-0.3, -0.25) is 4.79 Å². The standard InChI is InChI=1S/C12H13Br2NO3.ClH/c1-17-12(16)10-5-8(6-15-10)18-11-3-2-7(13)4-9(11)14;/h2-4,8,10,15H,5-6H2,1H3;1H/t8-,10+;/m1./s1. The van der Waals surface area contributed by atoms with Gasteiger partial charge in [0.1, 0.15) is 17.9 Å². The van der Waals surface area contributed by atoms with E-state index < -0.39 is 0 Å². The first-order valence-electron chi connectivity index (χ1n) is 5.53. The minimum Gasteiger partial charge on any atom is -0.488 e. The van der Waals surface area contributed by atoms with Crippen molar-refractivity contribution in [3.63, 3.8) is 0 Å². The Morgan fingerprint density at radius 3 is 2.79 bits per heavy atom. The topological polar surface area (TPSA) is 47.6 Å². The predicted octanol–water partition coefficient (Wildman–Crippen LogP) is 2.92. The van der Waals surface area contributed by atoms with Gasteiger partial charge >= 0.3 is 5.97 Å². The van der Waals surface area contributed by atoms with Crippen LogP contribution in [0, 0.1) is 0 Å². The van der Waals surface area contributed by atoms with Gasteiger partial charge in [-0.25, -0.2) is 0 Å². The number of ether oxygens (including phenoxy) is 2. The molecule has 0 amide bonds. The summed E-state index contributed by atoms with van der Waals surface area (Å²) in [6.07, 6.45) is 0.599. The van der Waals surface area contributed by atoms with Crippen LogP contribution in [0.4, 0.5) is 0 Å². The molecule has 1 fully saturated rings. The number of benzene rings is 1. The van der Waals surface area contributed by atoms with E-state index in [4.69, 9.17) is 9.47 Å². The van der Waals surface area contributed by atoms with Gasteiger partial charge in [0.05, 0.1) is 11.6 Å². The van der Waals surface area contributed by atoms with Gasteiger partial charge in [-0.05, 0) is 34.1 Å². The first-order chi connectivity index (χ1) is 8.60. The fourth-order valence-electron chi connectivity index (χ4n) is 1.87. The molecule has 0 aliphatic carbocycles. The molecule has 2 rings (SSSR count). The normalized spacial score (nSPS) is 21.6. The Bertz CT molecular complexity index is 459. The number of hydrogen-bond donors (Lipinski definition) is 1. The summed E-state index contributed by atoms with van der Waals surface area (Å²) in [4.78, 5) is 11.4. The second-order valence-electron chi connectivity index (χ2n) is 4.03. The molecule has 1 aromatic carbocycles. The van der Waals surface area contributed by atoms with Crippen LogP contribution in [0.1, 0.15) is 6.42 Å². The van der Waals surface area contributed by atoms with Crippen molar-refractivity contribution in [3.05, 3.63) is 27.1 Å². The summed E-state index contributed by atoms with van der Waals surface area (Å²) in [5.74, 6) is 0.534. The summed E-state index contributed by atoms with van der Waals surface area (Å²) in [6.45, 7) is 0.641. The van der Waals surface area contributed by atoms with E-state index in [1.807, 2.05) is 18.2 Å². The van der Waals surface area contributed by atoms with Crippen LogP contribution in [-0.4, -0.2) is 31.8 Å². The lowest BCUT2D eigenvalue weighted by atomic mass is 10.2. The van der Waals surface area contributed by atoms with E-state index in [0.29, 0.717) is 13.0 Å². The Labute approximate surface area is 134 Å². The largest absolute Gasteiger partial charge is 0.488 e. The third-order valence-corrected chi connectivity index (χ3v) is 3.88. The Morgan fingerprint density at radius 1 is 1.42 bits per heavy atom. The molecule has 1 saturated heterocycles. The molecule has 19 heavy (non-hydrogen) atoms. The number of methoxy groups -OCH3 is 1. The molecule has 2 atom stereocenters. The molecule has 1 aromatic rings. The average Bonchev–Trinajstić information content (AvgIpc) is 2.80. The highest BCUT2D eigenvalue weighted by Crippen LogP contribution is 2.30. The molecule has 0 aromatic heterocycles. The molecule has 1 N–H and O–H groups in total. The smallest absolute Gasteiger partial charge is 0.323 e. The lowest BCUT2D eigenvalue weighted by Crippen LogP contribution is -2.31. The van der Waals surface area contributed by atoms with E-state index in [1.54, 1.807) is 0 Å². The third kappa shape index (κ3) is 4.34. The van der Waals surface area contributed by atoms with Crippen molar-refractivity contribution in [2.75, 3.05) is 13.7 Å². The fraction of sp³-hybridized carbons (Fsp3) is 0.417. The molecule has 1 heterocycles. The molecule has 0 bridgehead atoms. The van der Waals surface area contributed by atoms with E-state index >= 15 is 0 Å². The SMILES string of the molecule is COC(=O)[C@@H]1C[C@@H](Oc2ccc(Br)cc2Br)CN1.Cl. The number of carbonyl (C=O) groups excluding carboxylic acids is 1. The number of nitrogens with one attached hydrogen (secondary N) is 1.